The van der Waals surface area contributed by atoms with E-state index < -0.39 is 0 Å². The first kappa shape index (κ1) is 12.4. The van der Waals surface area contributed by atoms with Gasteiger partial charge in [0.05, 0.1) is 5.52 Å². The second kappa shape index (κ2) is 5.50. The second-order valence-corrected chi connectivity index (χ2v) is 4.21. The molecule has 92 valence electrons. The molecule has 18 heavy (non-hydrogen) atoms. The standard InChI is InChI=1S/C16H17NO/c1-3-17-12-8-4-5-9-13(2)16(18)14-10-6-7-11-15(14)17/h4-12H,3H2,1-2H3. The summed E-state index contributed by atoms with van der Waals surface area (Å²) in [5, 5.41) is 0.757. The quantitative estimate of drug-likeness (QED) is 0.747. The number of aromatic nitrogens is 1. The highest BCUT2D eigenvalue weighted by molar-refractivity contribution is 5.78. The predicted octanol–water partition coefficient (Wildman–Crippen LogP) is 3.45. The number of para-hydroxylation sites is 1. The number of aryl methyl sites for hydroxylation is 2. The van der Waals surface area contributed by atoms with E-state index in [-0.39, 0.29) is 5.43 Å². The first-order chi connectivity index (χ1) is 8.74. The van der Waals surface area contributed by atoms with E-state index in [0.717, 1.165) is 23.0 Å². The van der Waals surface area contributed by atoms with E-state index in [9.17, 15) is 4.79 Å². The third-order valence-electron chi connectivity index (χ3n) is 2.99. The molecule has 0 spiro atoms. The molecular weight excluding hydrogens is 222 g/mol. The van der Waals surface area contributed by atoms with E-state index in [4.69, 9.17) is 0 Å². The highest BCUT2D eigenvalue weighted by atomic mass is 16.1. The van der Waals surface area contributed by atoms with Crippen molar-refractivity contribution in [3.8, 4) is 0 Å². The van der Waals surface area contributed by atoms with Crippen molar-refractivity contribution in [3.63, 3.8) is 0 Å². The highest BCUT2D eigenvalue weighted by Crippen LogP contribution is 2.08. The van der Waals surface area contributed by atoms with Crippen LogP contribution >= 0.6 is 0 Å². The van der Waals surface area contributed by atoms with E-state index in [1.807, 2.05) is 61.7 Å². The molecule has 2 nitrogen and oxygen atoms in total. The van der Waals surface area contributed by atoms with Crippen LogP contribution in [0.25, 0.3) is 10.9 Å². The maximum absolute atomic E-state index is 12.4. The first-order valence-corrected chi connectivity index (χ1v) is 6.16. The Bertz CT molecular complexity index is 669. The monoisotopic (exact) mass is 239 g/mol. The van der Waals surface area contributed by atoms with Gasteiger partial charge in [-0.1, -0.05) is 30.3 Å². The summed E-state index contributed by atoms with van der Waals surface area (Å²) >= 11 is 0. The Morgan fingerprint density at radius 2 is 1.72 bits per heavy atom. The van der Waals surface area contributed by atoms with Gasteiger partial charge in [0.1, 0.15) is 0 Å². The molecule has 1 aromatic heterocycles. The van der Waals surface area contributed by atoms with Crippen molar-refractivity contribution in [2.24, 2.45) is 0 Å². The van der Waals surface area contributed by atoms with Crippen LogP contribution in [-0.4, -0.2) is 4.57 Å². The summed E-state index contributed by atoms with van der Waals surface area (Å²) in [5.74, 6) is 0. The van der Waals surface area contributed by atoms with Crippen LogP contribution in [0.2, 0.25) is 0 Å². The molecule has 0 unspecified atom stereocenters. The Hall–Kier alpha value is -2.09. The van der Waals surface area contributed by atoms with E-state index in [2.05, 4.69) is 11.5 Å². The zero-order chi connectivity index (χ0) is 13.0. The van der Waals surface area contributed by atoms with Gasteiger partial charge in [-0.2, -0.15) is 0 Å². The number of hydrogen-bond acceptors (Lipinski definition) is 1. The smallest absolute Gasteiger partial charge is 0.190 e. The Kier molecular flexibility index (Phi) is 3.78. The molecule has 0 atom stereocenters. The molecule has 0 aliphatic rings. The number of benzene rings is 1. The molecule has 0 saturated carbocycles. The minimum atomic E-state index is 0.0870. The third kappa shape index (κ3) is 2.43. The number of fused-ring (bicyclic) bond motifs is 1. The highest BCUT2D eigenvalue weighted by Gasteiger charge is 1.98. The topological polar surface area (TPSA) is 22.0 Å². The first-order valence-electron chi connectivity index (χ1n) is 6.16. The Morgan fingerprint density at radius 1 is 1.00 bits per heavy atom. The van der Waals surface area contributed by atoms with Gasteiger partial charge in [0.2, 0.25) is 0 Å². The molecule has 0 saturated heterocycles. The molecular formula is C16H17NO. The summed E-state index contributed by atoms with van der Waals surface area (Å²) in [4.78, 5) is 12.4. The molecule has 0 fully saturated rings. The molecule has 2 heteroatoms. The van der Waals surface area contributed by atoms with Crippen LogP contribution in [0.3, 0.4) is 0 Å². The average Bonchev–Trinajstić information content (AvgIpc) is 2.41. The SMILES string of the molecule is CCn1cccccc(C)c(=O)c2ccccc21. The average molecular weight is 239 g/mol. The lowest BCUT2D eigenvalue weighted by molar-refractivity contribution is 0.791. The normalized spacial score (nSPS) is 10.1. The largest absolute Gasteiger partial charge is 0.348 e. The van der Waals surface area contributed by atoms with Gasteiger partial charge in [0, 0.05) is 18.1 Å². The third-order valence-corrected chi connectivity index (χ3v) is 2.99. The lowest BCUT2D eigenvalue weighted by atomic mass is 10.2. The summed E-state index contributed by atoms with van der Waals surface area (Å²) in [6, 6.07) is 15.4. The van der Waals surface area contributed by atoms with Gasteiger partial charge in [-0.3, -0.25) is 4.79 Å². The zero-order valence-electron chi connectivity index (χ0n) is 10.8. The van der Waals surface area contributed by atoms with Gasteiger partial charge in [0.25, 0.3) is 0 Å². The fraction of sp³-hybridized carbons (Fsp3) is 0.188. The van der Waals surface area contributed by atoms with E-state index >= 15 is 0 Å². The van der Waals surface area contributed by atoms with Gasteiger partial charge >= 0.3 is 0 Å². The van der Waals surface area contributed by atoms with Crippen molar-refractivity contribution in [1.29, 1.82) is 0 Å². The summed E-state index contributed by atoms with van der Waals surface area (Å²) < 4.78 is 2.08. The van der Waals surface area contributed by atoms with Gasteiger partial charge < -0.3 is 4.57 Å². The minimum Gasteiger partial charge on any atom is -0.348 e. The van der Waals surface area contributed by atoms with Crippen molar-refractivity contribution in [2.75, 3.05) is 0 Å². The number of hydrogen-bond donors (Lipinski definition) is 0. The van der Waals surface area contributed by atoms with Crippen molar-refractivity contribution in [1.82, 2.24) is 4.57 Å². The molecule has 0 aliphatic carbocycles. The van der Waals surface area contributed by atoms with Crippen LogP contribution in [0, 0.1) is 6.92 Å². The van der Waals surface area contributed by atoms with Crippen LogP contribution in [0.5, 0.6) is 0 Å². The van der Waals surface area contributed by atoms with Gasteiger partial charge in [-0.15, -0.1) is 0 Å². The summed E-state index contributed by atoms with van der Waals surface area (Å²) in [6.07, 6.45) is 2.00. The summed E-state index contributed by atoms with van der Waals surface area (Å²) in [5.41, 5.74) is 1.80. The van der Waals surface area contributed by atoms with Crippen molar-refractivity contribution < 1.29 is 0 Å². The molecule has 0 bridgehead atoms. The molecule has 0 amide bonds. The lowest BCUT2D eigenvalue weighted by Crippen LogP contribution is -2.05. The molecule has 2 rings (SSSR count). The van der Waals surface area contributed by atoms with E-state index in [0.29, 0.717) is 0 Å². The van der Waals surface area contributed by atoms with Crippen molar-refractivity contribution in [3.05, 3.63) is 70.5 Å². The molecule has 2 aromatic rings. The summed E-state index contributed by atoms with van der Waals surface area (Å²) in [7, 11) is 0. The van der Waals surface area contributed by atoms with Gasteiger partial charge in [-0.25, -0.2) is 0 Å². The van der Waals surface area contributed by atoms with Crippen molar-refractivity contribution >= 4 is 10.9 Å². The molecule has 0 radical (unpaired) electrons. The molecule has 0 aliphatic heterocycles. The van der Waals surface area contributed by atoms with Crippen LogP contribution in [0.4, 0.5) is 0 Å². The maximum atomic E-state index is 12.4. The fourth-order valence-corrected chi connectivity index (χ4v) is 1.98. The van der Waals surface area contributed by atoms with Gasteiger partial charge in [0.15, 0.2) is 5.43 Å². The minimum absolute atomic E-state index is 0.0870. The zero-order valence-corrected chi connectivity index (χ0v) is 10.8. The van der Waals surface area contributed by atoms with Crippen LogP contribution in [-0.2, 0) is 6.54 Å². The Morgan fingerprint density at radius 3 is 2.50 bits per heavy atom. The predicted molar refractivity (Wildman–Crippen MR) is 76.2 cm³/mol. The number of nitrogens with zero attached hydrogens (tertiary/aromatic N) is 1. The van der Waals surface area contributed by atoms with Crippen LogP contribution < -0.4 is 5.43 Å². The lowest BCUT2D eigenvalue weighted by Gasteiger charge is -2.04. The van der Waals surface area contributed by atoms with Crippen LogP contribution in [0.15, 0.2) is 59.5 Å². The second-order valence-electron chi connectivity index (χ2n) is 4.21. The van der Waals surface area contributed by atoms with Gasteiger partial charge in [-0.05, 0) is 37.6 Å². The summed E-state index contributed by atoms with van der Waals surface area (Å²) in [6.45, 7) is 4.76. The molecule has 1 heterocycles. The molecule has 0 N–H and O–H groups in total. The maximum Gasteiger partial charge on any atom is 0.190 e. The fourth-order valence-electron chi connectivity index (χ4n) is 1.98. The Labute approximate surface area is 107 Å². The van der Waals surface area contributed by atoms with E-state index in [1.165, 1.54) is 0 Å². The Balaban J connectivity index is 3.05. The number of rotatable bonds is 1. The van der Waals surface area contributed by atoms with E-state index in [1.54, 1.807) is 0 Å². The van der Waals surface area contributed by atoms with Crippen LogP contribution in [0.1, 0.15) is 12.5 Å². The molecule has 1 aromatic carbocycles. The van der Waals surface area contributed by atoms with Crippen molar-refractivity contribution in [2.45, 2.75) is 20.4 Å².